The van der Waals surface area contributed by atoms with Gasteiger partial charge in [-0.2, -0.15) is 0 Å². The van der Waals surface area contributed by atoms with Gasteiger partial charge < -0.3 is 20.6 Å². The maximum absolute atomic E-state index is 12.4. The molecule has 1 amide bonds. The fourth-order valence-electron chi connectivity index (χ4n) is 2.14. The molecule has 0 radical (unpaired) electrons. The number of para-hydroxylation sites is 1. The highest BCUT2D eigenvalue weighted by atomic mass is 35.5. The summed E-state index contributed by atoms with van der Waals surface area (Å²) in [6, 6.07) is 7.41. The molecular weight excluding hydrogens is 396 g/mol. The Bertz CT molecular complexity index is 909. The summed E-state index contributed by atoms with van der Waals surface area (Å²) in [5.74, 6) is -1.10. The minimum absolute atomic E-state index is 0.125. The molecule has 2 aromatic carbocycles. The second-order valence-corrected chi connectivity index (χ2v) is 7.45. The van der Waals surface area contributed by atoms with Crippen LogP contribution in [0.25, 0.3) is 0 Å². The van der Waals surface area contributed by atoms with Gasteiger partial charge in [-0.15, -0.1) is 0 Å². The summed E-state index contributed by atoms with van der Waals surface area (Å²) >= 11 is 5.75. The molecule has 148 valence electrons. The van der Waals surface area contributed by atoms with E-state index in [0.717, 1.165) is 23.3 Å². The van der Waals surface area contributed by atoms with Crippen molar-refractivity contribution in [2.75, 3.05) is 18.5 Å². The third kappa shape index (κ3) is 6.19. The minimum atomic E-state index is -4.12. The third-order valence-corrected chi connectivity index (χ3v) is 4.80. The summed E-state index contributed by atoms with van der Waals surface area (Å²) in [7, 11) is -4.12. The Hall–Kier alpha value is -2.17. The number of hydrogen-bond acceptors (Lipinski definition) is 6. The highest BCUT2D eigenvalue weighted by Crippen LogP contribution is 2.30. The van der Waals surface area contributed by atoms with Crippen LogP contribution in [0.5, 0.6) is 5.75 Å². The van der Waals surface area contributed by atoms with Gasteiger partial charge in [0.15, 0.2) is 0 Å². The van der Waals surface area contributed by atoms with Crippen molar-refractivity contribution in [3.8, 4) is 5.75 Å². The molecule has 0 heterocycles. The fourth-order valence-corrected chi connectivity index (χ4v) is 3.23. The highest BCUT2D eigenvalue weighted by molar-refractivity contribution is 7.89. The predicted octanol–water partition coefficient (Wildman–Crippen LogP) is 1.53. The molecule has 0 bridgehead atoms. The summed E-state index contributed by atoms with van der Waals surface area (Å²) in [5, 5.41) is 32.6. The number of primary sulfonamides is 1. The van der Waals surface area contributed by atoms with Crippen molar-refractivity contribution < 1.29 is 28.5 Å². The number of aliphatic hydroxyl groups is 2. The first-order chi connectivity index (χ1) is 12.5. The molecule has 0 aliphatic carbocycles. The molecule has 0 spiro atoms. The zero-order chi connectivity index (χ0) is 20.8. The number of benzene rings is 2. The van der Waals surface area contributed by atoms with E-state index in [1.807, 2.05) is 32.0 Å². The van der Waals surface area contributed by atoms with E-state index in [0.29, 0.717) is 5.69 Å². The monoisotopic (exact) mass is 416 g/mol. The predicted molar refractivity (Wildman–Crippen MR) is 103 cm³/mol. The molecule has 0 aliphatic heterocycles. The number of amides is 1. The lowest BCUT2D eigenvalue weighted by molar-refractivity contribution is 0.102. The number of anilines is 1. The molecule has 10 heteroatoms. The van der Waals surface area contributed by atoms with Crippen LogP contribution in [0.2, 0.25) is 5.02 Å². The van der Waals surface area contributed by atoms with Crippen LogP contribution in [0.15, 0.2) is 35.2 Å². The Morgan fingerprint density at radius 2 is 1.67 bits per heavy atom. The van der Waals surface area contributed by atoms with Gasteiger partial charge in [-0.05, 0) is 31.0 Å². The average Bonchev–Trinajstić information content (AvgIpc) is 2.57. The smallest absolute Gasteiger partial charge is 0.259 e. The van der Waals surface area contributed by atoms with Gasteiger partial charge in [0, 0.05) is 11.8 Å². The zero-order valence-corrected chi connectivity index (χ0v) is 16.3. The van der Waals surface area contributed by atoms with Gasteiger partial charge in [-0.3, -0.25) is 4.79 Å². The van der Waals surface area contributed by atoms with Gasteiger partial charge in [0.1, 0.15) is 10.6 Å². The average molecular weight is 417 g/mol. The number of phenolic OH excluding ortho intramolecular Hbond substituents is 1. The van der Waals surface area contributed by atoms with E-state index in [1.165, 1.54) is 0 Å². The summed E-state index contributed by atoms with van der Waals surface area (Å²) in [6.07, 6.45) is 0. The topological polar surface area (TPSA) is 150 Å². The van der Waals surface area contributed by atoms with Gasteiger partial charge in [0.05, 0.1) is 23.8 Å². The summed E-state index contributed by atoms with van der Waals surface area (Å²) in [4.78, 5) is 12.0. The van der Waals surface area contributed by atoms with Crippen molar-refractivity contribution in [1.82, 2.24) is 0 Å². The van der Waals surface area contributed by atoms with Crippen LogP contribution in [0.3, 0.4) is 0 Å². The van der Waals surface area contributed by atoms with Crippen molar-refractivity contribution in [2.24, 2.45) is 5.14 Å². The number of aliphatic hydroxyl groups excluding tert-OH is 2. The Balaban J connectivity index is 0.000000828. The number of nitrogens with one attached hydrogen (secondary N) is 1. The molecule has 27 heavy (non-hydrogen) atoms. The zero-order valence-electron chi connectivity index (χ0n) is 14.7. The fraction of sp³-hybridized carbons (Fsp3) is 0.235. The number of hydrogen-bond donors (Lipinski definition) is 5. The summed E-state index contributed by atoms with van der Waals surface area (Å²) < 4.78 is 23.0. The van der Waals surface area contributed by atoms with Crippen molar-refractivity contribution in [3.63, 3.8) is 0 Å². The van der Waals surface area contributed by atoms with Crippen LogP contribution in [-0.4, -0.2) is 42.9 Å². The van der Waals surface area contributed by atoms with Crippen molar-refractivity contribution in [2.45, 2.75) is 18.7 Å². The van der Waals surface area contributed by atoms with E-state index in [4.69, 9.17) is 27.0 Å². The number of phenols is 1. The lowest BCUT2D eigenvalue weighted by Crippen LogP contribution is -2.17. The van der Waals surface area contributed by atoms with E-state index >= 15 is 0 Å². The molecule has 0 atom stereocenters. The first kappa shape index (κ1) is 22.9. The molecule has 0 aliphatic rings. The van der Waals surface area contributed by atoms with E-state index < -0.39 is 26.6 Å². The lowest BCUT2D eigenvalue weighted by Gasteiger charge is -2.13. The highest BCUT2D eigenvalue weighted by Gasteiger charge is 2.21. The van der Waals surface area contributed by atoms with Gasteiger partial charge in [-0.25, -0.2) is 13.6 Å². The quantitative estimate of drug-likeness (QED) is 0.510. The molecular formula is C17H21ClN2O6S. The SMILES string of the molecule is Cc1cccc(C)c1NC(=O)c1cc(S(N)(=O)=O)c(Cl)cc1O.OCCO. The van der Waals surface area contributed by atoms with Crippen LogP contribution in [0.1, 0.15) is 21.5 Å². The number of sulfonamides is 1. The number of aryl methyl sites for hydroxylation is 2. The first-order valence-electron chi connectivity index (χ1n) is 7.67. The molecule has 2 rings (SSSR count). The Kier molecular flexibility index (Phi) is 8.20. The number of carbonyl (C=O) groups is 1. The molecule has 0 unspecified atom stereocenters. The largest absolute Gasteiger partial charge is 0.507 e. The number of halogens is 1. The Morgan fingerprint density at radius 3 is 2.11 bits per heavy atom. The van der Waals surface area contributed by atoms with Gasteiger partial charge in [-0.1, -0.05) is 29.8 Å². The maximum atomic E-state index is 12.4. The normalized spacial score (nSPS) is 10.7. The van der Waals surface area contributed by atoms with Crippen LogP contribution in [0, 0.1) is 13.8 Å². The third-order valence-electron chi connectivity index (χ3n) is 3.42. The molecule has 0 saturated heterocycles. The van der Waals surface area contributed by atoms with Crippen molar-refractivity contribution in [1.29, 1.82) is 0 Å². The van der Waals surface area contributed by atoms with Crippen molar-refractivity contribution in [3.05, 3.63) is 52.0 Å². The van der Waals surface area contributed by atoms with Crippen LogP contribution < -0.4 is 10.5 Å². The van der Waals surface area contributed by atoms with Crippen LogP contribution in [0.4, 0.5) is 5.69 Å². The Labute approximate surface area is 162 Å². The van der Waals surface area contributed by atoms with E-state index in [-0.39, 0.29) is 23.8 Å². The maximum Gasteiger partial charge on any atom is 0.259 e. The Morgan fingerprint density at radius 1 is 1.15 bits per heavy atom. The standard InChI is InChI=1S/C15H15ClN2O4S.C2H6O2/c1-8-4-3-5-9(2)14(8)18-15(20)10-6-13(23(17,21)22)11(16)7-12(10)19;3-1-2-4/h3-7,19H,1-2H3,(H,18,20)(H2,17,21,22);3-4H,1-2H2. The number of aromatic hydroxyl groups is 1. The van der Waals surface area contributed by atoms with Gasteiger partial charge in [0.25, 0.3) is 5.91 Å². The van der Waals surface area contributed by atoms with Crippen LogP contribution in [-0.2, 0) is 10.0 Å². The molecule has 0 fully saturated rings. The van der Waals surface area contributed by atoms with E-state index in [2.05, 4.69) is 5.32 Å². The second-order valence-electron chi connectivity index (χ2n) is 5.51. The van der Waals surface area contributed by atoms with Crippen LogP contribution >= 0.6 is 11.6 Å². The number of rotatable bonds is 4. The van der Waals surface area contributed by atoms with Crippen molar-refractivity contribution >= 4 is 33.2 Å². The summed E-state index contributed by atoms with van der Waals surface area (Å²) in [5.41, 5.74) is 2.02. The van der Waals surface area contributed by atoms with Gasteiger partial charge in [0.2, 0.25) is 10.0 Å². The molecule has 0 saturated carbocycles. The van der Waals surface area contributed by atoms with E-state index in [9.17, 15) is 18.3 Å². The first-order valence-corrected chi connectivity index (χ1v) is 9.60. The molecule has 8 nitrogen and oxygen atoms in total. The molecule has 6 N–H and O–H groups in total. The molecule has 2 aromatic rings. The molecule has 0 aromatic heterocycles. The second kappa shape index (κ2) is 9.67. The minimum Gasteiger partial charge on any atom is -0.507 e. The van der Waals surface area contributed by atoms with E-state index in [1.54, 1.807) is 0 Å². The van der Waals surface area contributed by atoms with Gasteiger partial charge >= 0.3 is 0 Å². The summed E-state index contributed by atoms with van der Waals surface area (Å²) in [6.45, 7) is 3.39. The number of carbonyl (C=O) groups excluding carboxylic acids is 1. The lowest BCUT2D eigenvalue weighted by atomic mass is 10.1. The number of nitrogens with two attached hydrogens (primary N) is 1.